The first-order valence-electron chi connectivity index (χ1n) is 4.41. The summed E-state index contributed by atoms with van der Waals surface area (Å²) in [6.07, 6.45) is -1.49. The van der Waals surface area contributed by atoms with Gasteiger partial charge in [-0.05, 0) is 20.8 Å². The van der Waals surface area contributed by atoms with Crippen molar-refractivity contribution < 1.29 is 18.3 Å². The van der Waals surface area contributed by atoms with Crippen molar-refractivity contribution in [3.05, 3.63) is 0 Å². The van der Waals surface area contributed by atoms with E-state index in [-0.39, 0.29) is 5.13 Å². The lowest BCUT2D eigenvalue weighted by Crippen LogP contribution is -2.52. The number of amides is 1. The highest BCUT2D eigenvalue weighted by atomic mass is 32.2. The molecule has 0 atom stereocenters. The summed E-state index contributed by atoms with van der Waals surface area (Å²) in [6.45, 7) is 4.84. The highest BCUT2D eigenvalue weighted by molar-refractivity contribution is 7.91. The molecule has 17 heavy (non-hydrogen) atoms. The van der Waals surface area contributed by atoms with Gasteiger partial charge in [0, 0.05) is 5.54 Å². The summed E-state index contributed by atoms with van der Waals surface area (Å²) in [6, 6.07) is 0. The largest absolute Gasteiger partial charge is 0.530 e. The fourth-order valence-electron chi connectivity index (χ4n) is 1.05. The van der Waals surface area contributed by atoms with E-state index in [1.165, 1.54) is 0 Å². The van der Waals surface area contributed by atoms with Gasteiger partial charge >= 0.3 is 0 Å². The standard InChI is InChI=1S/C7H12N4O4S2/c1-7(2,3)11(6(12)13)4-9-10-5(16-4)17(8,14)15/h1-3H3,(H,12,13)(H2,8,14,15)/p-1. The third-order valence-corrected chi connectivity index (χ3v) is 3.90. The van der Waals surface area contributed by atoms with Crippen LogP contribution in [-0.2, 0) is 10.0 Å². The zero-order valence-electron chi connectivity index (χ0n) is 9.37. The number of nitrogens with zero attached hydrogens (tertiary/aromatic N) is 3. The average molecular weight is 279 g/mol. The van der Waals surface area contributed by atoms with Gasteiger partial charge in [-0.15, -0.1) is 10.2 Å². The molecule has 1 rings (SSSR count). The van der Waals surface area contributed by atoms with Crippen molar-refractivity contribution in [1.82, 2.24) is 10.2 Å². The highest BCUT2D eigenvalue weighted by Gasteiger charge is 2.27. The average Bonchev–Trinajstić information content (AvgIpc) is 2.47. The molecule has 0 aliphatic carbocycles. The van der Waals surface area contributed by atoms with Gasteiger partial charge in [-0.2, -0.15) is 0 Å². The molecule has 96 valence electrons. The SMILES string of the molecule is CC(C)(C)N(C(=O)[O-])c1nnc(S(N)(=O)=O)s1. The molecule has 1 aromatic heterocycles. The molecule has 0 saturated heterocycles. The summed E-state index contributed by atoms with van der Waals surface area (Å²) in [5.74, 6) is 0. The molecule has 0 radical (unpaired) electrons. The number of carbonyl (C=O) groups excluding carboxylic acids is 1. The summed E-state index contributed by atoms with van der Waals surface area (Å²) in [5, 5.41) is 22.5. The number of rotatable bonds is 2. The third-order valence-electron chi connectivity index (χ3n) is 1.68. The summed E-state index contributed by atoms with van der Waals surface area (Å²) in [7, 11) is -3.98. The second-order valence-corrected chi connectivity index (χ2v) is 6.86. The Bertz CT molecular complexity index is 530. The van der Waals surface area contributed by atoms with Gasteiger partial charge in [-0.25, -0.2) is 13.6 Å². The van der Waals surface area contributed by atoms with Gasteiger partial charge in [0.1, 0.15) is 6.09 Å². The Morgan fingerprint density at radius 3 is 2.24 bits per heavy atom. The van der Waals surface area contributed by atoms with Crippen LogP contribution in [0.5, 0.6) is 0 Å². The molecule has 0 bridgehead atoms. The Balaban J connectivity index is 3.23. The van der Waals surface area contributed by atoms with Gasteiger partial charge in [0.05, 0.1) is 0 Å². The Hall–Kier alpha value is -1.26. The van der Waals surface area contributed by atoms with Crippen LogP contribution >= 0.6 is 11.3 Å². The minimum absolute atomic E-state index is 0.0958. The number of nitrogens with two attached hydrogens (primary N) is 1. The van der Waals surface area contributed by atoms with Crippen LogP contribution in [0.15, 0.2) is 4.34 Å². The highest BCUT2D eigenvalue weighted by Crippen LogP contribution is 2.28. The van der Waals surface area contributed by atoms with E-state index in [2.05, 4.69) is 10.2 Å². The number of anilines is 1. The normalized spacial score (nSPS) is 12.5. The van der Waals surface area contributed by atoms with Gasteiger partial charge in [-0.1, -0.05) is 11.3 Å². The number of carboxylic acid groups (broad SMARTS) is 1. The van der Waals surface area contributed by atoms with Gasteiger partial charge in [0.15, 0.2) is 0 Å². The lowest BCUT2D eigenvalue weighted by Gasteiger charge is -2.34. The Morgan fingerprint density at radius 1 is 1.41 bits per heavy atom. The molecule has 0 aliphatic rings. The third kappa shape index (κ3) is 3.11. The maximum absolute atomic E-state index is 11.0. The van der Waals surface area contributed by atoms with Crippen LogP contribution in [0.1, 0.15) is 20.8 Å². The van der Waals surface area contributed by atoms with Gasteiger partial charge in [0.2, 0.25) is 9.47 Å². The van der Waals surface area contributed by atoms with Crippen molar-refractivity contribution in [2.45, 2.75) is 30.6 Å². The molecule has 10 heteroatoms. The summed E-state index contributed by atoms with van der Waals surface area (Å²) in [4.78, 5) is 11.8. The lowest BCUT2D eigenvalue weighted by molar-refractivity contribution is -0.247. The predicted molar refractivity (Wildman–Crippen MR) is 58.9 cm³/mol. The molecule has 0 spiro atoms. The predicted octanol–water partition coefficient (Wildman–Crippen LogP) is -0.866. The second kappa shape index (κ2) is 4.20. The smallest absolute Gasteiger partial charge is 0.267 e. The summed E-state index contributed by atoms with van der Waals surface area (Å²) in [5.41, 5.74) is -0.825. The van der Waals surface area contributed by atoms with Crippen LogP contribution in [0.25, 0.3) is 0 Å². The van der Waals surface area contributed by atoms with Crippen molar-refractivity contribution >= 4 is 32.6 Å². The number of carbonyl (C=O) groups is 1. The maximum Gasteiger partial charge on any atom is 0.267 e. The quantitative estimate of drug-likeness (QED) is 0.701. The van der Waals surface area contributed by atoms with Crippen molar-refractivity contribution in [1.29, 1.82) is 0 Å². The number of sulfonamides is 1. The lowest BCUT2D eigenvalue weighted by atomic mass is 10.1. The minimum atomic E-state index is -3.98. The van der Waals surface area contributed by atoms with E-state index in [0.29, 0.717) is 11.3 Å². The first-order chi connectivity index (χ1) is 7.53. The Morgan fingerprint density at radius 2 is 1.94 bits per heavy atom. The summed E-state index contributed by atoms with van der Waals surface area (Å²) >= 11 is 0.573. The molecule has 0 aliphatic heterocycles. The molecule has 1 heterocycles. The molecule has 0 aromatic carbocycles. The summed E-state index contributed by atoms with van der Waals surface area (Å²) < 4.78 is 21.5. The van der Waals surface area contributed by atoms with Crippen LogP contribution < -0.4 is 15.1 Å². The van der Waals surface area contributed by atoms with Gasteiger partial charge in [-0.3, -0.25) is 4.90 Å². The van der Waals surface area contributed by atoms with Crippen LogP contribution in [0.4, 0.5) is 9.93 Å². The van der Waals surface area contributed by atoms with Crippen molar-refractivity contribution in [3.63, 3.8) is 0 Å². The zero-order chi connectivity index (χ0) is 13.4. The Labute approximate surface area is 102 Å². The van der Waals surface area contributed by atoms with E-state index in [4.69, 9.17) is 5.14 Å². The van der Waals surface area contributed by atoms with Crippen molar-refractivity contribution in [2.75, 3.05) is 4.90 Å². The monoisotopic (exact) mass is 279 g/mol. The van der Waals surface area contributed by atoms with Crippen LogP contribution in [0.3, 0.4) is 0 Å². The van der Waals surface area contributed by atoms with Crippen molar-refractivity contribution in [3.8, 4) is 0 Å². The van der Waals surface area contributed by atoms with E-state index >= 15 is 0 Å². The molecule has 1 amide bonds. The van der Waals surface area contributed by atoms with Crippen molar-refractivity contribution in [2.24, 2.45) is 5.14 Å². The van der Waals surface area contributed by atoms with E-state index in [0.717, 1.165) is 4.90 Å². The molecular weight excluding hydrogens is 268 g/mol. The molecule has 0 fully saturated rings. The zero-order valence-corrected chi connectivity index (χ0v) is 11.0. The molecule has 0 saturated carbocycles. The first kappa shape index (κ1) is 13.8. The minimum Gasteiger partial charge on any atom is -0.530 e. The molecular formula is C7H11N4O4S2-. The van der Waals surface area contributed by atoms with Gasteiger partial charge in [0.25, 0.3) is 10.0 Å². The molecule has 0 unspecified atom stereocenters. The van der Waals surface area contributed by atoms with E-state index in [9.17, 15) is 18.3 Å². The Kier molecular flexibility index (Phi) is 3.41. The molecule has 1 aromatic rings. The number of aromatic nitrogens is 2. The second-order valence-electron chi connectivity index (χ2n) is 4.17. The van der Waals surface area contributed by atoms with E-state index in [1.807, 2.05) is 0 Å². The van der Waals surface area contributed by atoms with Gasteiger partial charge < -0.3 is 9.90 Å². The van der Waals surface area contributed by atoms with E-state index in [1.54, 1.807) is 20.8 Å². The number of primary sulfonamides is 1. The number of hydrogen-bond acceptors (Lipinski definition) is 7. The van der Waals surface area contributed by atoms with E-state index < -0.39 is 26.0 Å². The molecule has 8 nitrogen and oxygen atoms in total. The fourth-order valence-corrected chi connectivity index (χ4v) is 2.65. The topological polar surface area (TPSA) is 129 Å². The van der Waals surface area contributed by atoms with Crippen LogP contribution in [-0.4, -0.2) is 30.2 Å². The maximum atomic E-state index is 11.0. The molecule has 2 N–H and O–H groups in total. The fraction of sp³-hybridized carbons (Fsp3) is 0.571. The van der Waals surface area contributed by atoms with Crippen LogP contribution in [0, 0.1) is 0 Å². The number of hydrogen-bond donors (Lipinski definition) is 1. The first-order valence-corrected chi connectivity index (χ1v) is 6.77. The van der Waals surface area contributed by atoms with Crippen LogP contribution in [0.2, 0.25) is 0 Å².